The Morgan fingerprint density at radius 2 is 1.48 bits per heavy atom. The van der Waals surface area contributed by atoms with Crippen LogP contribution in [0.2, 0.25) is 0 Å². The Bertz CT molecular complexity index is 1880. The van der Waals surface area contributed by atoms with E-state index in [4.69, 9.17) is 4.74 Å². The average Bonchev–Trinajstić information content (AvgIpc) is 3.08. The zero-order valence-electron chi connectivity index (χ0n) is 24.0. The van der Waals surface area contributed by atoms with Crippen molar-refractivity contribution in [2.24, 2.45) is 0 Å². The number of pyridine rings is 3. The number of benzene rings is 3. The van der Waals surface area contributed by atoms with Crippen LogP contribution in [0.15, 0.2) is 128 Å². The van der Waals surface area contributed by atoms with Gasteiger partial charge in [0.1, 0.15) is 11.8 Å². The smallest absolute Gasteiger partial charge is 0.256 e. The fourth-order valence-electron chi connectivity index (χ4n) is 4.97. The van der Waals surface area contributed by atoms with Crippen LogP contribution in [0.5, 0.6) is 5.75 Å². The normalized spacial score (nSPS) is 10.9. The summed E-state index contributed by atoms with van der Waals surface area (Å²) in [5, 5.41) is 6.81. The molecule has 0 bridgehead atoms. The molecule has 8 nitrogen and oxygen atoms in total. The van der Waals surface area contributed by atoms with E-state index in [0.29, 0.717) is 46.1 Å². The lowest BCUT2D eigenvalue weighted by Gasteiger charge is -2.18. The Morgan fingerprint density at radius 1 is 0.750 bits per heavy atom. The van der Waals surface area contributed by atoms with Crippen molar-refractivity contribution in [3.63, 3.8) is 0 Å². The minimum atomic E-state index is -0.528. The zero-order valence-corrected chi connectivity index (χ0v) is 24.0. The highest BCUT2D eigenvalue weighted by Crippen LogP contribution is 2.29. The van der Waals surface area contributed by atoms with Gasteiger partial charge in [-0.15, -0.1) is 0 Å². The fourth-order valence-corrected chi connectivity index (χ4v) is 4.97. The molecule has 0 saturated heterocycles. The van der Waals surface area contributed by atoms with Gasteiger partial charge in [0, 0.05) is 29.7 Å². The van der Waals surface area contributed by atoms with Crippen molar-refractivity contribution in [1.29, 1.82) is 0 Å². The molecule has 0 radical (unpaired) electrons. The van der Waals surface area contributed by atoms with E-state index in [1.54, 1.807) is 36.7 Å². The second-order valence-electron chi connectivity index (χ2n) is 10.0. The molecule has 0 spiro atoms. The summed E-state index contributed by atoms with van der Waals surface area (Å²) >= 11 is 0. The highest BCUT2D eigenvalue weighted by Gasteiger charge is 2.21. The van der Waals surface area contributed by atoms with Crippen molar-refractivity contribution < 1.29 is 14.3 Å². The number of anilines is 1. The molecule has 44 heavy (non-hydrogen) atoms. The molecule has 0 aliphatic carbocycles. The van der Waals surface area contributed by atoms with E-state index in [1.807, 2.05) is 91.9 Å². The van der Waals surface area contributed by atoms with E-state index < -0.39 is 6.04 Å². The summed E-state index contributed by atoms with van der Waals surface area (Å²) in [6.45, 7) is 2.40. The van der Waals surface area contributed by atoms with Crippen LogP contribution < -0.4 is 15.4 Å². The molecule has 216 valence electrons. The molecule has 3 aromatic heterocycles. The largest absolute Gasteiger partial charge is 0.494 e. The van der Waals surface area contributed by atoms with Crippen LogP contribution in [0.4, 0.5) is 5.69 Å². The van der Waals surface area contributed by atoms with Gasteiger partial charge in [-0.25, -0.2) is 0 Å². The molecule has 0 fully saturated rings. The number of nitrogens with zero attached hydrogens (tertiary/aromatic N) is 3. The summed E-state index contributed by atoms with van der Waals surface area (Å²) < 4.78 is 5.67. The lowest BCUT2D eigenvalue weighted by Crippen LogP contribution is -2.30. The van der Waals surface area contributed by atoms with Gasteiger partial charge in [0.05, 0.1) is 34.6 Å². The first-order valence-corrected chi connectivity index (χ1v) is 14.2. The Balaban J connectivity index is 1.23. The van der Waals surface area contributed by atoms with Crippen LogP contribution in [0.25, 0.3) is 22.0 Å². The van der Waals surface area contributed by atoms with Crippen LogP contribution in [0, 0.1) is 0 Å². The second-order valence-corrected chi connectivity index (χ2v) is 10.0. The van der Waals surface area contributed by atoms with Crippen LogP contribution in [-0.2, 0) is 0 Å². The number of carbonyl (C=O) groups is 2. The molecule has 0 saturated carbocycles. The van der Waals surface area contributed by atoms with Crippen LogP contribution in [0.1, 0.15) is 45.1 Å². The number of hydrogen-bond acceptors (Lipinski definition) is 6. The average molecular weight is 580 g/mol. The number of nitrogens with one attached hydrogen (secondary N) is 2. The maximum Gasteiger partial charge on any atom is 0.256 e. The van der Waals surface area contributed by atoms with Gasteiger partial charge in [0.15, 0.2) is 0 Å². The van der Waals surface area contributed by atoms with Crippen molar-refractivity contribution in [2.45, 2.75) is 13.0 Å². The molecule has 0 aliphatic rings. The highest BCUT2D eigenvalue weighted by molar-refractivity contribution is 6.09. The lowest BCUT2D eigenvalue weighted by atomic mass is 9.98. The van der Waals surface area contributed by atoms with Gasteiger partial charge >= 0.3 is 0 Å². The SMILES string of the molecule is CCOc1ccc(-c2ccccc2)c(C(=O)Nc2ccc3cc(C(=O)NC(c4ccccn4)c4ccccn4)cnc3c2)c1. The second kappa shape index (κ2) is 13.0. The number of ether oxygens (including phenoxy) is 1. The van der Waals surface area contributed by atoms with Gasteiger partial charge in [-0.2, -0.15) is 0 Å². The molecule has 8 heteroatoms. The summed E-state index contributed by atoms with van der Waals surface area (Å²) in [5.74, 6) is 0.0493. The Morgan fingerprint density at radius 3 is 2.16 bits per heavy atom. The van der Waals surface area contributed by atoms with Crippen molar-refractivity contribution in [3.8, 4) is 16.9 Å². The quantitative estimate of drug-likeness (QED) is 0.194. The van der Waals surface area contributed by atoms with Gasteiger partial charge in [0.2, 0.25) is 0 Å². The van der Waals surface area contributed by atoms with Gasteiger partial charge in [0.25, 0.3) is 11.8 Å². The number of amides is 2. The first-order valence-electron chi connectivity index (χ1n) is 14.2. The lowest BCUT2D eigenvalue weighted by molar-refractivity contribution is 0.0940. The van der Waals surface area contributed by atoms with Crippen molar-refractivity contribution >= 4 is 28.4 Å². The van der Waals surface area contributed by atoms with Crippen LogP contribution >= 0.6 is 0 Å². The third-order valence-electron chi connectivity index (χ3n) is 7.08. The topological polar surface area (TPSA) is 106 Å². The maximum absolute atomic E-state index is 13.5. The standard InChI is InChI=1S/C36H29N5O3/c1-2-44-28-16-17-29(24-10-4-3-5-11-24)30(22-28)36(43)40-27-15-14-25-20-26(23-39-33(25)21-27)35(42)41-34(31-12-6-8-18-37-31)32-13-7-9-19-38-32/h3-23,34H,2H2,1H3,(H,40,43)(H,41,42). The van der Waals surface area contributed by atoms with E-state index in [0.717, 1.165) is 16.5 Å². The first-order chi connectivity index (χ1) is 21.6. The predicted octanol–water partition coefficient (Wildman–Crippen LogP) is 6.86. The molecular formula is C36H29N5O3. The zero-order chi connectivity index (χ0) is 30.3. The predicted molar refractivity (Wildman–Crippen MR) is 171 cm³/mol. The minimum absolute atomic E-state index is 0.268. The third kappa shape index (κ3) is 6.29. The summed E-state index contributed by atoms with van der Waals surface area (Å²) in [7, 11) is 0. The van der Waals surface area contributed by atoms with Gasteiger partial charge < -0.3 is 15.4 Å². The Hall–Kier alpha value is -5.89. The van der Waals surface area contributed by atoms with Crippen molar-refractivity contribution in [1.82, 2.24) is 20.3 Å². The molecule has 2 N–H and O–H groups in total. The van der Waals surface area contributed by atoms with E-state index in [9.17, 15) is 9.59 Å². The molecule has 3 aromatic carbocycles. The number of aromatic nitrogens is 3. The third-order valence-corrected chi connectivity index (χ3v) is 7.08. The molecule has 6 rings (SSSR count). The molecular weight excluding hydrogens is 550 g/mol. The molecule has 2 amide bonds. The Kier molecular flexibility index (Phi) is 8.32. The minimum Gasteiger partial charge on any atom is -0.494 e. The summed E-state index contributed by atoms with van der Waals surface area (Å²) in [6.07, 6.45) is 4.89. The monoisotopic (exact) mass is 579 g/mol. The van der Waals surface area contributed by atoms with Gasteiger partial charge in [-0.1, -0.05) is 48.5 Å². The molecule has 0 aliphatic heterocycles. The summed E-state index contributed by atoms with van der Waals surface area (Å²) in [4.78, 5) is 40.3. The maximum atomic E-state index is 13.5. The summed E-state index contributed by atoms with van der Waals surface area (Å²) in [6, 6.07) is 33.0. The number of fused-ring (bicyclic) bond motifs is 1. The van der Waals surface area contributed by atoms with E-state index in [1.165, 1.54) is 6.20 Å². The fraction of sp³-hybridized carbons (Fsp3) is 0.0833. The molecule has 3 heterocycles. The van der Waals surface area contributed by atoms with Crippen LogP contribution in [-0.4, -0.2) is 33.4 Å². The summed E-state index contributed by atoms with van der Waals surface area (Å²) in [5.41, 5.74) is 5.20. The Labute approximate surface area is 254 Å². The number of hydrogen-bond donors (Lipinski definition) is 2. The number of rotatable bonds is 9. The molecule has 0 unspecified atom stereocenters. The van der Waals surface area contributed by atoms with E-state index in [2.05, 4.69) is 25.6 Å². The van der Waals surface area contributed by atoms with E-state index >= 15 is 0 Å². The van der Waals surface area contributed by atoms with Crippen molar-refractivity contribution in [2.75, 3.05) is 11.9 Å². The van der Waals surface area contributed by atoms with E-state index in [-0.39, 0.29) is 11.8 Å². The van der Waals surface area contributed by atoms with Crippen LogP contribution in [0.3, 0.4) is 0 Å². The van der Waals surface area contributed by atoms with Crippen molar-refractivity contribution in [3.05, 3.63) is 150 Å². The first kappa shape index (κ1) is 28.2. The molecule has 6 aromatic rings. The number of carbonyl (C=O) groups excluding carboxylic acids is 2. The van der Waals surface area contributed by atoms with Gasteiger partial charge in [-0.3, -0.25) is 24.5 Å². The highest BCUT2D eigenvalue weighted by atomic mass is 16.5. The van der Waals surface area contributed by atoms with Gasteiger partial charge in [-0.05, 0) is 78.7 Å². The molecule has 0 atom stereocenters.